The topological polar surface area (TPSA) is 29.5 Å². The first kappa shape index (κ1) is 9.39. The quantitative estimate of drug-likeness (QED) is 0.847. The lowest BCUT2D eigenvalue weighted by Crippen LogP contribution is -1.92. The van der Waals surface area contributed by atoms with E-state index in [1.54, 1.807) is 6.07 Å². The normalized spacial score (nSPS) is 9.92. The van der Waals surface area contributed by atoms with Gasteiger partial charge in [0, 0.05) is 0 Å². The molecular weight excluding hydrogens is 220 g/mol. The van der Waals surface area contributed by atoms with Crippen molar-refractivity contribution in [3.8, 4) is 11.5 Å². The summed E-state index contributed by atoms with van der Waals surface area (Å²) >= 11 is 3.24. The molecule has 0 saturated carbocycles. The Bertz CT molecular complexity index is 284. The van der Waals surface area contributed by atoms with Gasteiger partial charge in [0.1, 0.15) is 16.0 Å². The number of rotatable bonds is 2. The van der Waals surface area contributed by atoms with Gasteiger partial charge in [0.05, 0.1) is 6.61 Å². The second-order valence-corrected chi connectivity index (χ2v) is 3.32. The number of ether oxygens (including phenoxy) is 1. The highest BCUT2D eigenvalue weighted by molar-refractivity contribution is 9.10. The molecule has 0 radical (unpaired) electrons. The minimum atomic E-state index is 0.221. The molecule has 12 heavy (non-hydrogen) atoms. The van der Waals surface area contributed by atoms with Crippen LogP contribution in [0.4, 0.5) is 0 Å². The van der Waals surface area contributed by atoms with Crippen LogP contribution in [0.2, 0.25) is 0 Å². The third kappa shape index (κ3) is 1.91. The molecule has 0 saturated heterocycles. The smallest absolute Gasteiger partial charge is 0.137 e. The number of phenols is 1. The van der Waals surface area contributed by atoms with Crippen molar-refractivity contribution in [2.75, 3.05) is 6.61 Å². The van der Waals surface area contributed by atoms with Crippen LogP contribution in [0.5, 0.6) is 11.5 Å². The van der Waals surface area contributed by atoms with Crippen LogP contribution in [0.3, 0.4) is 0 Å². The summed E-state index contributed by atoms with van der Waals surface area (Å²) in [5, 5.41) is 9.38. The lowest BCUT2D eigenvalue weighted by Gasteiger charge is -2.07. The van der Waals surface area contributed by atoms with E-state index in [-0.39, 0.29) is 5.75 Å². The summed E-state index contributed by atoms with van der Waals surface area (Å²) in [7, 11) is 0. The van der Waals surface area contributed by atoms with Crippen molar-refractivity contribution in [2.45, 2.75) is 13.8 Å². The Balaban J connectivity index is 3.09. The van der Waals surface area contributed by atoms with Gasteiger partial charge < -0.3 is 9.84 Å². The molecule has 3 heteroatoms. The van der Waals surface area contributed by atoms with Gasteiger partial charge in [0.2, 0.25) is 0 Å². The number of aryl methyl sites for hydroxylation is 1. The van der Waals surface area contributed by atoms with E-state index in [1.807, 2.05) is 19.9 Å². The van der Waals surface area contributed by atoms with E-state index < -0.39 is 0 Å². The predicted octanol–water partition coefficient (Wildman–Crippen LogP) is 2.86. The Kier molecular flexibility index (Phi) is 2.98. The van der Waals surface area contributed by atoms with Crippen LogP contribution in [-0.4, -0.2) is 11.7 Å². The Morgan fingerprint density at radius 2 is 2.17 bits per heavy atom. The van der Waals surface area contributed by atoms with Crippen LogP contribution in [-0.2, 0) is 0 Å². The first-order chi connectivity index (χ1) is 5.65. The van der Waals surface area contributed by atoms with Crippen molar-refractivity contribution in [2.24, 2.45) is 0 Å². The van der Waals surface area contributed by atoms with E-state index in [9.17, 15) is 5.11 Å². The monoisotopic (exact) mass is 230 g/mol. The van der Waals surface area contributed by atoms with Crippen LogP contribution in [0.1, 0.15) is 12.5 Å². The van der Waals surface area contributed by atoms with E-state index in [0.717, 1.165) is 5.56 Å². The average Bonchev–Trinajstić information content (AvgIpc) is 2.00. The van der Waals surface area contributed by atoms with Gasteiger partial charge in [-0.25, -0.2) is 0 Å². The molecule has 0 aliphatic heterocycles. The van der Waals surface area contributed by atoms with Crippen LogP contribution in [0, 0.1) is 6.92 Å². The van der Waals surface area contributed by atoms with Crippen molar-refractivity contribution < 1.29 is 9.84 Å². The molecule has 0 fully saturated rings. The minimum absolute atomic E-state index is 0.221. The lowest BCUT2D eigenvalue weighted by atomic mass is 10.2. The standard InChI is InChI=1S/C9H11BrO2/c1-3-12-8-5-6(2)4-7(11)9(8)10/h4-5,11H,3H2,1-2H3. The van der Waals surface area contributed by atoms with Gasteiger partial charge in [-0.1, -0.05) is 0 Å². The van der Waals surface area contributed by atoms with Crippen molar-refractivity contribution in [1.29, 1.82) is 0 Å². The average molecular weight is 231 g/mol. The largest absolute Gasteiger partial charge is 0.507 e. The molecule has 0 bridgehead atoms. The van der Waals surface area contributed by atoms with E-state index >= 15 is 0 Å². The van der Waals surface area contributed by atoms with Crippen LogP contribution in [0.25, 0.3) is 0 Å². The molecule has 0 amide bonds. The Hall–Kier alpha value is -0.700. The number of halogens is 1. The first-order valence-corrected chi connectivity index (χ1v) is 4.56. The van der Waals surface area contributed by atoms with Crippen molar-refractivity contribution in [1.82, 2.24) is 0 Å². The fourth-order valence-electron chi connectivity index (χ4n) is 0.978. The molecule has 0 aliphatic rings. The zero-order valence-electron chi connectivity index (χ0n) is 7.10. The van der Waals surface area contributed by atoms with Gasteiger partial charge in [-0.3, -0.25) is 0 Å². The third-order valence-electron chi connectivity index (χ3n) is 1.46. The summed E-state index contributed by atoms with van der Waals surface area (Å²) < 4.78 is 5.91. The number of benzene rings is 1. The molecule has 0 heterocycles. The minimum Gasteiger partial charge on any atom is -0.507 e. The van der Waals surface area contributed by atoms with Gasteiger partial charge in [0.15, 0.2) is 0 Å². The zero-order chi connectivity index (χ0) is 9.14. The number of hydrogen-bond acceptors (Lipinski definition) is 2. The van der Waals surface area contributed by atoms with E-state index in [0.29, 0.717) is 16.8 Å². The molecule has 2 nitrogen and oxygen atoms in total. The molecule has 1 rings (SSSR count). The summed E-state index contributed by atoms with van der Waals surface area (Å²) in [6, 6.07) is 3.57. The first-order valence-electron chi connectivity index (χ1n) is 3.77. The summed E-state index contributed by atoms with van der Waals surface area (Å²) in [6.07, 6.45) is 0. The second kappa shape index (κ2) is 3.81. The van der Waals surface area contributed by atoms with E-state index in [4.69, 9.17) is 4.74 Å². The van der Waals surface area contributed by atoms with Gasteiger partial charge in [-0.05, 0) is 47.5 Å². The highest BCUT2D eigenvalue weighted by Crippen LogP contribution is 2.34. The molecule has 0 atom stereocenters. The summed E-state index contributed by atoms with van der Waals surface area (Å²) in [5.41, 5.74) is 0.985. The van der Waals surface area contributed by atoms with Crippen LogP contribution >= 0.6 is 15.9 Å². The van der Waals surface area contributed by atoms with Crippen molar-refractivity contribution >= 4 is 15.9 Å². The fourth-order valence-corrected chi connectivity index (χ4v) is 1.32. The van der Waals surface area contributed by atoms with Gasteiger partial charge in [-0.15, -0.1) is 0 Å². The Morgan fingerprint density at radius 1 is 1.50 bits per heavy atom. The fraction of sp³-hybridized carbons (Fsp3) is 0.333. The molecule has 0 unspecified atom stereocenters. The lowest BCUT2D eigenvalue weighted by molar-refractivity contribution is 0.334. The second-order valence-electron chi connectivity index (χ2n) is 2.53. The van der Waals surface area contributed by atoms with E-state index in [1.165, 1.54) is 0 Å². The van der Waals surface area contributed by atoms with Crippen LogP contribution in [0.15, 0.2) is 16.6 Å². The molecule has 1 aromatic rings. The summed E-state index contributed by atoms with van der Waals surface area (Å²) in [5.74, 6) is 0.911. The molecule has 0 aromatic heterocycles. The number of phenolic OH excluding ortho intramolecular Hbond substituents is 1. The Morgan fingerprint density at radius 3 is 2.75 bits per heavy atom. The van der Waals surface area contributed by atoms with Gasteiger partial charge in [0.25, 0.3) is 0 Å². The molecule has 1 N–H and O–H groups in total. The summed E-state index contributed by atoms with van der Waals surface area (Å²) in [4.78, 5) is 0. The van der Waals surface area contributed by atoms with Crippen molar-refractivity contribution in [3.63, 3.8) is 0 Å². The zero-order valence-corrected chi connectivity index (χ0v) is 8.68. The highest BCUT2D eigenvalue weighted by Gasteiger charge is 2.06. The van der Waals surface area contributed by atoms with Gasteiger partial charge >= 0.3 is 0 Å². The maximum Gasteiger partial charge on any atom is 0.137 e. The molecular formula is C9H11BrO2. The highest BCUT2D eigenvalue weighted by atomic mass is 79.9. The molecule has 0 aliphatic carbocycles. The maximum absolute atomic E-state index is 9.38. The maximum atomic E-state index is 9.38. The van der Waals surface area contributed by atoms with Gasteiger partial charge in [-0.2, -0.15) is 0 Å². The predicted molar refractivity (Wildman–Crippen MR) is 51.7 cm³/mol. The number of aromatic hydroxyl groups is 1. The Labute approximate surface area is 80.3 Å². The summed E-state index contributed by atoms with van der Waals surface area (Å²) in [6.45, 7) is 4.42. The molecule has 1 aromatic carbocycles. The van der Waals surface area contributed by atoms with E-state index in [2.05, 4.69) is 15.9 Å². The third-order valence-corrected chi connectivity index (χ3v) is 2.26. The number of hydrogen-bond donors (Lipinski definition) is 1. The molecule has 66 valence electrons. The SMILES string of the molecule is CCOc1cc(C)cc(O)c1Br. The molecule has 0 spiro atoms. The van der Waals surface area contributed by atoms with Crippen LogP contribution < -0.4 is 4.74 Å². The van der Waals surface area contributed by atoms with Crippen molar-refractivity contribution in [3.05, 3.63) is 22.2 Å².